The van der Waals surface area contributed by atoms with Crippen LogP contribution in [0.2, 0.25) is 0 Å². The molecule has 0 radical (unpaired) electrons. The maximum absolute atomic E-state index is 9.43. The van der Waals surface area contributed by atoms with Gasteiger partial charge in [0, 0.05) is 18.5 Å². The van der Waals surface area contributed by atoms with Crippen molar-refractivity contribution in [1.82, 2.24) is 15.0 Å². The maximum Gasteiger partial charge on any atom is 0.258 e. The van der Waals surface area contributed by atoms with Gasteiger partial charge >= 0.3 is 0 Å². The average Bonchev–Trinajstić information content (AvgIpc) is 3.00. The molecule has 2 aromatic rings. The number of thiophene rings is 1. The van der Waals surface area contributed by atoms with Gasteiger partial charge in [-0.3, -0.25) is 4.90 Å². The zero-order valence-corrected chi connectivity index (χ0v) is 10.1. The van der Waals surface area contributed by atoms with Crippen LogP contribution in [0.3, 0.4) is 0 Å². The smallest absolute Gasteiger partial charge is 0.258 e. The van der Waals surface area contributed by atoms with Gasteiger partial charge in [-0.05, 0) is 17.9 Å². The highest BCUT2D eigenvalue weighted by atomic mass is 32.1. The van der Waals surface area contributed by atoms with Crippen molar-refractivity contribution in [3.63, 3.8) is 0 Å². The van der Waals surface area contributed by atoms with Crippen LogP contribution in [-0.2, 0) is 6.54 Å². The Balaban J connectivity index is 1.69. The van der Waals surface area contributed by atoms with Gasteiger partial charge in [0.05, 0.1) is 18.2 Å². The molecule has 6 heteroatoms. The molecule has 2 aromatic heterocycles. The van der Waals surface area contributed by atoms with E-state index in [9.17, 15) is 5.11 Å². The Hall–Kier alpha value is -1.24. The lowest BCUT2D eigenvalue weighted by Gasteiger charge is -2.10. The molecule has 0 spiro atoms. The standard InChI is InChI=1S/C11H13N3O2S/c15-9-1-3-14(5-9)6-10-12-11(16-13-10)8-2-4-17-7-8/h2,4,7,9,15H,1,3,5-6H2/t9-/m1/s1. The first kappa shape index (κ1) is 10.9. The van der Waals surface area contributed by atoms with Gasteiger partial charge in [0.15, 0.2) is 5.82 Å². The summed E-state index contributed by atoms with van der Waals surface area (Å²) in [7, 11) is 0. The number of hydrogen-bond acceptors (Lipinski definition) is 6. The summed E-state index contributed by atoms with van der Waals surface area (Å²) in [6.45, 7) is 2.23. The molecule has 0 aromatic carbocycles. The molecule has 3 heterocycles. The fourth-order valence-electron chi connectivity index (χ4n) is 1.98. The average molecular weight is 251 g/mol. The minimum Gasteiger partial charge on any atom is -0.392 e. The second-order valence-corrected chi connectivity index (χ2v) is 4.99. The van der Waals surface area contributed by atoms with Crippen LogP contribution in [0.4, 0.5) is 0 Å². The predicted molar refractivity (Wildman–Crippen MR) is 63.5 cm³/mol. The first-order chi connectivity index (χ1) is 8.31. The highest BCUT2D eigenvalue weighted by Gasteiger charge is 2.21. The van der Waals surface area contributed by atoms with Gasteiger partial charge in [-0.15, -0.1) is 0 Å². The van der Waals surface area contributed by atoms with Crippen LogP contribution in [0.15, 0.2) is 21.3 Å². The van der Waals surface area contributed by atoms with Crippen molar-refractivity contribution in [3.8, 4) is 11.5 Å². The first-order valence-corrected chi connectivity index (χ1v) is 6.51. The molecule has 0 aliphatic carbocycles. The molecule has 0 amide bonds. The van der Waals surface area contributed by atoms with Crippen LogP contribution in [0.25, 0.3) is 11.5 Å². The molecule has 1 aliphatic heterocycles. The van der Waals surface area contributed by atoms with Crippen LogP contribution >= 0.6 is 11.3 Å². The number of likely N-dealkylation sites (tertiary alicyclic amines) is 1. The predicted octanol–water partition coefficient (Wildman–Crippen LogP) is 1.36. The number of rotatable bonds is 3. The lowest BCUT2D eigenvalue weighted by atomic mass is 10.3. The van der Waals surface area contributed by atoms with Crippen LogP contribution in [0, 0.1) is 0 Å². The number of hydrogen-bond donors (Lipinski definition) is 1. The van der Waals surface area contributed by atoms with E-state index in [0.717, 1.165) is 18.5 Å². The molecule has 90 valence electrons. The van der Waals surface area contributed by atoms with Gasteiger partial charge < -0.3 is 9.63 Å². The van der Waals surface area contributed by atoms with E-state index in [-0.39, 0.29) is 6.10 Å². The third kappa shape index (κ3) is 2.38. The highest BCUT2D eigenvalue weighted by molar-refractivity contribution is 7.08. The van der Waals surface area contributed by atoms with Crippen molar-refractivity contribution in [2.75, 3.05) is 13.1 Å². The Morgan fingerprint density at radius 1 is 1.59 bits per heavy atom. The van der Waals surface area contributed by atoms with E-state index in [4.69, 9.17) is 4.52 Å². The van der Waals surface area contributed by atoms with Crippen molar-refractivity contribution < 1.29 is 9.63 Å². The summed E-state index contributed by atoms with van der Waals surface area (Å²) >= 11 is 1.61. The normalized spacial score (nSPS) is 21.1. The molecule has 1 atom stereocenters. The monoisotopic (exact) mass is 251 g/mol. The molecule has 1 fully saturated rings. The van der Waals surface area contributed by atoms with Gasteiger partial charge in [0.1, 0.15) is 0 Å². The van der Waals surface area contributed by atoms with E-state index in [1.165, 1.54) is 0 Å². The molecule has 1 saturated heterocycles. The quantitative estimate of drug-likeness (QED) is 0.892. The van der Waals surface area contributed by atoms with Crippen molar-refractivity contribution in [2.24, 2.45) is 0 Å². The van der Waals surface area contributed by atoms with Crippen LogP contribution in [0.1, 0.15) is 12.2 Å². The molecule has 0 saturated carbocycles. The van der Waals surface area contributed by atoms with Gasteiger partial charge in [-0.25, -0.2) is 0 Å². The summed E-state index contributed by atoms with van der Waals surface area (Å²) in [5, 5.41) is 17.3. The number of aliphatic hydroxyl groups excluding tert-OH is 1. The molecule has 0 unspecified atom stereocenters. The zero-order valence-electron chi connectivity index (χ0n) is 9.24. The summed E-state index contributed by atoms with van der Waals surface area (Å²) in [6.07, 6.45) is 0.619. The SMILES string of the molecule is O[C@@H]1CCN(Cc2noc(-c3ccsc3)n2)C1. The van der Waals surface area contributed by atoms with E-state index < -0.39 is 0 Å². The van der Waals surface area contributed by atoms with Crippen LogP contribution in [-0.4, -0.2) is 39.3 Å². The van der Waals surface area contributed by atoms with Gasteiger partial charge in [-0.1, -0.05) is 5.16 Å². The van der Waals surface area contributed by atoms with Crippen molar-refractivity contribution in [1.29, 1.82) is 0 Å². The second-order valence-electron chi connectivity index (χ2n) is 4.21. The van der Waals surface area contributed by atoms with Gasteiger partial charge in [-0.2, -0.15) is 16.3 Å². The second kappa shape index (κ2) is 4.56. The van der Waals surface area contributed by atoms with E-state index >= 15 is 0 Å². The van der Waals surface area contributed by atoms with Crippen LogP contribution in [0.5, 0.6) is 0 Å². The number of aliphatic hydroxyl groups is 1. The van der Waals surface area contributed by atoms with E-state index in [0.29, 0.717) is 24.8 Å². The van der Waals surface area contributed by atoms with E-state index in [1.807, 2.05) is 16.8 Å². The van der Waals surface area contributed by atoms with E-state index in [1.54, 1.807) is 11.3 Å². The number of aromatic nitrogens is 2. The van der Waals surface area contributed by atoms with Crippen molar-refractivity contribution in [2.45, 2.75) is 19.1 Å². The summed E-state index contributed by atoms with van der Waals surface area (Å²) in [5.74, 6) is 1.25. The Kier molecular flexibility index (Phi) is 2.92. The van der Waals surface area contributed by atoms with E-state index in [2.05, 4.69) is 15.0 Å². The van der Waals surface area contributed by atoms with Gasteiger partial charge in [0.2, 0.25) is 0 Å². The van der Waals surface area contributed by atoms with Crippen molar-refractivity contribution >= 4 is 11.3 Å². The van der Waals surface area contributed by atoms with Crippen LogP contribution < -0.4 is 0 Å². The Morgan fingerprint density at radius 3 is 3.24 bits per heavy atom. The zero-order chi connectivity index (χ0) is 11.7. The molecule has 17 heavy (non-hydrogen) atoms. The minimum atomic E-state index is -0.210. The Labute approximate surface area is 103 Å². The summed E-state index contributed by atoms with van der Waals surface area (Å²) in [4.78, 5) is 6.48. The largest absolute Gasteiger partial charge is 0.392 e. The highest BCUT2D eigenvalue weighted by Crippen LogP contribution is 2.20. The Bertz CT molecular complexity index is 483. The molecular formula is C11H13N3O2S. The summed E-state index contributed by atoms with van der Waals surface area (Å²) < 4.78 is 5.20. The van der Waals surface area contributed by atoms with Crippen molar-refractivity contribution in [3.05, 3.63) is 22.7 Å². The minimum absolute atomic E-state index is 0.210. The molecule has 0 bridgehead atoms. The summed E-state index contributed by atoms with van der Waals surface area (Å²) in [6, 6.07) is 1.96. The molecule has 1 aliphatic rings. The molecule has 1 N–H and O–H groups in total. The number of nitrogens with zero attached hydrogens (tertiary/aromatic N) is 3. The third-order valence-electron chi connectivity index (χ3n) is 2.85. The fraction of sp³-hybridized carbons (Fsp3) is 0.455. The Morgan fingerprint density at radius 2 is 2.53 bits per heavy atom. The lowest BCUT2D eigenvalue weighted by molar-refractivity contribution is 0.173. The fourth-order valence-corrected chi connectivity index (χ4v) is 2.61. The molecule has 5 nitrogen and oxygen atoms in total. The maximum atomic E-state index is 9.43. The van der Waals surface area contributed by atoms with Gasteiger partial charge in [0.25, 0.3) is 5.89 Å². The molecular weight excluding hydrogens is 238 g/mol. The molecule has 3 rings (SSSR count). The third-order valence-corrected chi connectivity index (χ3v) is 3.53. The lowest BCUT2D eigenvalue weighted by Crippen LogP contribution is -2.22. The topological polar surface area (TPSA) is 62.4 Å². The first-order valence-electron chi connectivity index (χ1n) is 5.57. The number of β-amino-alcohol motifs (C(OH)–C–C–N with tert-alkyl or cyclic N) is 1. The summed E-state index contributed by atoms with van der Waals surface area (Å²) in [5.41, 5.74) is 0.968.